The van der Waals surface area contributed by atoms with Gasteiger partial charge >= 0.3 is 6.03 Å². The first-order valence-electron chi connectivity index (χ1n) is 10.6. The van der Waals surface area contributed by atoms with Crippen LogP contribution in [0.15, 0.2) is 12.4 Å². The van der Waals surface area contributed by atoms with Gasteiger partial charge in [0.1, 0.15) is 11.4 Å². The summed E-state index contributed by atoms with van der Waals surface area (Å²) in [6, 6.07) is 0.0628. The summed E-state index contributed by atoms with van der Waals surface area (Å²) in [4.78, 5) is 36.1. The lowest BCUT2D eigenvalue weighted by atomic mass is 9.88. The topological polar surface area (TPSA) is 82.9 Å². The van der Waals surface area contributed by atoms with Crippen LogP contribution in [0.5, 0.6) is 0 Å². The van der Waals surface area contributed by atoms with Crippen molar-refractivity contribution in [2.24, 2.45) is 0 Å². The number of nitrogens with one attached hydrogen (secondary N) is 1. The van der Waals surface area contributed by atoms with Crippen molar-refractivity contribution in [3.8, 4) is 0 Å². The molecule has 4 heterocycles. The minimum atomic E-state index is -0.608. The summed E-state index contributed by atoms with van der Waals surface area (Å²) in [5.74, 6) is 0.945. The summed E-state index contributed by atoms with van der Waals surface area (Å²) < 4.78 is 8.57. The molecule has 0 unspecified atom stereocenters. The molecule has 1 aromatic heterocycles. The highest BCUT2D eigenvalue weighted by molar-refractivity contribution is 5.81. The Labute approximate surface area is 172 Å². The number of urea groups is 1. The van der Waals surface area contributed by atoms with E-state index in [9.17, 15) is 9.59 Å². The maximum Gasteiger partial charge on any atom is 0.317 e. The average molecular weight is 405 g/mol. The lowest BCUT2D eigenvalue weighted by molar-refractivity contribution is -0.180. The van der Waals surface area contributed by atoms with Gasteiger partial charge < -0.3 is 29.3 Å². The number of likely N-dealkylation sites (N-methyl/N-ethyl adjacent to an activating group) is 1. The van der Waals surface area contributed by atoms with Crippen molar-refractivity contribution in [2.75, 3.05) is 46.3 Å². The predicted octanol–water partition coefficient (Wildman–Crippen LogP) is 0.465. The minimum absolute atomic E-state index is 0.0425. The van der Waals surface area contributed by atoms with Crippen LogP contribution >= 0.6 is 0 Å². The third-order valence-corrected chi connectivity index (χ3v) is 6.21. The number of carbonyl (C=O) groups excluding carboxylic acids is 2. The number of hydrogen-bond donors (Lipinski definition) is 1. The monoisotopic (exact) mass is 404 g/mol. The Morgan fingerprint density at radius 1 is 1.14 bits per heavy atom. The second-order valence-corrected chi connectivity index (χ2v) is 8.72. The second-order valence-electron chi connectivity index (χ2n) is 8.72. The van der Waals surface area contributed by atoms with Gasteiger partial charge in [-0.05, 0) is 20.9 Å². The van der Waals surface area contributed by atoms with Gasteiger partial charge in [-0.3, -0.25) is 4.79 Å². The molecule has 160 valence electrons. The highest BCUT2D eigenvalue weighted by Crippen LogP contribution is 2.40. The van der Waals surface area contributed by atoms with E-state index in [1.54, 1.807) is 6.20 Å². The molecule has 1 N–H and O–H groups in total. The molecule has 9 heteroatoms. The third-order valence-electron chi connectivity index (χ3n) is 6.21. The van der Waals surface area contributed by atoms with Crippen LogP contribution in [0.4, 0.5) is 4.79 Å². The first kappa shape index (κ1) is 20.2. The molecule has 0 bridgehead atoms. The van der Waals surface area contributed by atoms with E-state index in [-0.39, 0.29) is 18.0 Å². The number of ether oxygens (including phenoxy) is 1. The van der Waals surface area contributed by atoms with Crippen molar-refractivity contribution in [3.05, 3.63) is 18.2 Å². The SMILES string of the molecule is CC(C)NC(=O)N1CCC2(CC1)O[C@@H](C(=O)N1CCN(C)CC1)Cn1ccnc12. The summed E-state index contributed by atoms with van der Waals surface area (Å²) in [5, 5.41) is 2.95. The number of hydrogen-bond acceptors (Lipinski definition) is 5. The van der Waals surface area contributed by atoms with E-state index < -0.39 is 11.7 Å². The zero-order valence-corrected chi connectivity index (χ0v) is 17.6. The molecule has 2 saturated heterocycles. The maximum atomic E-state index is 13.2. The number of nitrogens with zero attached hydrogens (tertiary/aromatic N) is 5. The molecule has 4 rings (SSSR count). The van der Waals surface area contributed by atoms with E-state index >= 15 is 0 Å². The van der Waals surface area contributed by atoms with Crippen molar-refractivity contribution in [2.45, 2.75) is 51.0 Å². The fourth-order valence-electron chi connectivity index (χ4n) is 4.51. The lowest BCUT2D eigenvalue weighted by Crippen LogP contribution is -2.58. The summed E-state index contributed by atoms with van der Waals surface area (Å²) >= 11 is 0. The number of rotatable bonds is 2. The Hall–Kier alpha value is -2.13. The molecule has 0 radical (unpaired) electrons. The molecule has 3 aliphatic heterocycles. The largest absolute Gasteiger partial charge is 0.352 e. The van der Waals surface area contributed by atoms with Gasteiger partial charge in [0.25, 0.3) is 5.91 Å². The smallest absolute Gasteiger partial charge is 0.317 e. The third kappa shape index (κ3) is 3.98. The minimum Gasteiger partial charge on any atom is -0.352 e. The van der Waals surface area contributed by atoms with Gasteiger partial charge in [0.05, 0.1) is 6.54 Å². The van der Waals surface area contributed by atoms with Crippen LogP contribution < -0.4 is 5.32 Å². The van der Waals surface area contributed by atoms with Crippen molar-refractivity contribution >= 4 is 11.9 Å². The standard InChI is InChI=1S/C20H32N6O3/c1-15(2)22-19(28)25-7-4-20(5-8-25)18-21-6-9-26(18)14-16(29-20)17(27)24-12-10-23(3)11-13-24/h6,9,15-16H,4-5,7-8,10-14H2,1-3H3,(H,22,28)/t16-/m1/s1. The summed E-state index contributed by atoms with van der Waals surface area (Å²) in [6.45, 7) is 8.84. The number of piperazine rings is 1. The molecule has 1 spiro atoms. The Morgan fingerprint density at radius 3 is 2.48 bits per heavy atom. The van der Waals surface area contributed by atoms with Crippen LogP contribution in [0.25, 0.3) is 0 Å². The van der Waals surface area contributed by atoms with Gasteiger partial charge in [-0.25, -0.2) is 9.78 Å². The molecule has 2 fully saturated rings. The Morgan fingerprint density at radius 2 is 1.83 bits per heavy atom. The van der Waals surface area contributed by atoms with Crippen molar-refractivity contribution in [1.29, 1.82) is 0 Å². The molecule has 29 heavy (non-hydrogen) atoms. The van der Waals surface area contributed by atoms with E-state index in [4.69, 9.17) is 4.74 Å². The second kappa shape index (κ2) is 7.95. The van der Waals surface area contributed by atoms with Crippen LogP contribution in [0.1, 0.15) is 32.5 Å². The lowest BCUT2D eigenvalue weighted by Gasteiger charge is -2.46. The number of imidazole rings is 1. The van der Waals surface area contributed by atoms with Gasteiger partial charge in [0.2, 0.25) is 0 Å². The van der Waals surface area contributed by atoms with E-state index in [0.717, 1.165) is 32.0 Å². The molecule has 1 atom stereocenters. The number of piperidine rings is 1. The van der Waals surface area contributed by atoms with Gasteiger partial charge in [0, 0.05) is 70.5 Å². The van der Waals surface area contributed by atoms with E-state index in [1.165, 1.54) is 0 Å². The number of amides is 3. The molecular weight excluding hydrogens is 372 g/mol. The fraction of sp³-hybridized carbons (Fsp3) is 0.750. The van der Waals surface area contributed by atoms with Gasteiger partial charge in [-0.15, -0.1) is 0 Å². The molecule has 0 aliphatic carbocycles. The van der Waals surface area contributed by atoms with Crippen LogP contribution in [0.2, 0.25) is 0 Å². The molecular formula is C20H32N6O3. The highest BCUT2D eigenvalue weighted by Gasteiger charge is 2.48. The van der Waals surface area contributed by atoms with E-state index in [0.29, 0.717) is 32.5 Å². The van der Waals surface area contributed by atoms with Gasteiger partial charge in [-0.1, -0.05) is 0 Å². The van der Waals surface area contributed by atoms with E-state index in [1.807, 2.05) is 29.8 Å². The maximum absolute atomic E-state index is 13.2. The molecule has 0 aromatic carbocycles. The summed E-state index contributed by atoms with van der Waals surface area (Å²) in [7, 11) is 2.08. The fourth-order valence-corrected chi connectivity index (χ4v) is 4.51. The first-order chi connectivity index (χ1) is 13.9. The molecule has 9 nitrogen and oxygen atoms in total. The highest BCUT2D eigenvalue weighted by atomic mass is 16.5. The molecule has 0 saturated carbocycles. The van der Waals surface area contributed by atoms with Crippen molar-refractivity contribution in [3.63, 3.8) is 0 Å². The first-order valence-corrected chi connectivity index (χ1v) is 10.6. The Bertz CT molecular complexity index is 747. The van der Waals surface area contributed by atoms with E-state index in [2.05, 4.69) is 26.8 Å². The van der Waals surface area contributed by atoms with Crippen LogP contribution in [-0.4, -0.2) is 94.7 Å². The quantitative estimate of drug-likeness (QED) is 0.775. The zero-order chi connectivity index (χ0) is 20.6. The van der Waals surface area contributed by atoms with Crippen LogP contribution in [0.3, 0.4) is 0 Å². The van der Waals surface area contributed by atoms with Crippen LogP contribution in [0, 0.1) is 0 Å². The number of aromatic nitrogens is 2. The molecule has 3 amide bonds. The average Bonchev–Trinajstić information content (AvgIpc) is 3.18. The number of likely N-dealkylation sites (tertiary alicyclic amines) is 1. The Kier molecular flexibility index (Phi) is 5.52. The summed E-state index contributed by atoms with van der Waals surface area (Å²) in [6.07, 6.45) is 4.49. The predicted molar refractivity (Wildman–Crippen MR) is 107 cm³/mol. The Balaban J connectivity index is 1.48. The number of carbonyl (C=O) groups is 2. The van der Waals surface area contributed by atoms with Gasteiger partial charge in [-0.2, -0.15) is 0 Å². The molecule has 3 aliphatic rings. The summed E-state index contributed by atoms with van der Waals surface area (Å²) in [5.41, 5.74) is -0.608. The number of fused-ring (bicyclic) bond motifs is 2. The van der Waals surface area contributed by atoms with Crippen molar-refractivity contribution in [1.82, 2.24) is 29.6 Å². The van der Waals surface area contributed by atoms with Crippen LogP contribution in [-0.2, 0) is 21.7 Å². The van der Waals surface area contributed by atoms with Crippen molar-refractivity contribution < 1.29 is 14.3 Å². The molecule has 1 aromatic rings. The normalized spacial score (nSPS) is 24.6. The zero-order valence-electron chi connectivity index (χ0n) is 17.6. The van der Waals surface area contributed by atoms with Gasteiger partial charge in [0.15, 0.2) is 6.10 Å².